The molecule has 1 fully saturated rings. The molecule has 2 aromatic carbocycles. The highest BCUT2D eigenvalue weighted by Gasteiger charge is 2.46. The molecule has 0 spiro atoms. The van der Waals surface area contributed by atoms with Crippen molar-refractivity contribution in [3.05, 3.63) is 71.0 Å². The fourth-order valence-electron chi connectivity index (χ4n) is 3.14. The number of hydrogen-bond donors (Lipinski definition) is 0. The second-order valence-corrected chi connectivity index (χ2v) is 6.32. The van der Waals surface area contributed by atoms with Crippen molar-refractivity contribution >= 4 is 5.91 Å². The van der Waals surface area contributed by atoms with E-state index in [0.29, 0.717) is 12.0 Å². The summed E-state index contributed by atoms with van der Waals surface area (Å²) >= 11 is 0. The van der Waals surface area contributed by atoms with Crippen molar-refractivity contribution in [1.29, 1.82) is 0 Å². The summed E-state index contributed by atoms with van der Waals surface area (Å²) in [6, 6.07) is 11.5. The summed E-state index contributed by atoms with van der Waals surface area (Å²) in [5, 5.41) is 0. The first-order chi connectivity index (χ1) is 11.8. The van der Waals surface area contributed by atoms with Crippen LogP contribution >= 0.6 is 0 Å². The molecule has 0 aliphatic heterocycles. The molecule has 2 aromatic rings. The zero-order valence-electron chi connectivity index (χ0n) is 13.6. The third-order valence-electron chi connectivity index (χ3n) is 4.52. The van der Waals surface area contributed by atoms with Crippen molar-refractivity contribution in [3.8, 4) is 0 Å². The van der Waals surface area contributed by atoms with Gasteiger partial charge < -0.3 is 4.90 Å². The van der Waals surface area contributed by atoms with Gasteiger partial charge in [0.1, 0.15) is 5.82 Å². The van der Waals surface area contributed by atoms with E-state index in [4.69, 9.17) is 0 Å². The molecule has 132 valence electrons. The van der Waals surface area contributed by atoms with Gasteiger partial charge in [-0.05, 0) is 35.6 Å². The Kier molecular flexibility index (Phi) is 4.54. The highest BCUT2D eigenvalue weighted by atomic mass is 19.4. The van der Waals surface area contributed by atoms with E-state index in [-0.39, 0.29) is 35.7 Å². The van der Waals surface area contributed by atoms with E-state index in [0.717, 1.165) is 6.07 Å². The fourth-order valence-corrected chi connectivity index (χ4v) is 3.14. The summed E-state index contributed by atoms with van der Waals surface area (Å²) in [5.41, 5.74) is -0.199. The lowest BCUT2D eigenvalue weighted by Crippen LogP contribution is -2.29. The summed E-state index contributed by atoms with van der Waals surface area (Å²) in [6.07, 6.45) is -3.94. The second kappa shape index (κ2) is 6.50. The molecule has 0 N–H and O–H groups in total. The molecule has 1 amide bonds. The van der Waals surface area contributed by atoms with Crippen LogP contribution in [0.3, 0.4) is 0 Å². The number of carbonyl (C=O) groups is 1. The Balaban J connectivity index is 1.70. The van der Waals surface area contributed by atoms with Gasteiger partial charge >= 0.3 is 6.18 Å². The smallest absolute Gasteiger partial charge is 0.341 e. The molecule has 0 radical (unpaired) electrons. The van der Waals surface area contributed by atoms with E-state index in [1.165, 1.54) is 36.2 Å². The summed E-state index contributed by atoms with van der Waals surface area (Å²) in [7, 11) is 1.48. The number of halogens is 4. The maximum absolute atomic E-state index is 13.8. The topological polar surface area (TPSA) is 20.3 Å². The van der Waals surface area contributed by atoms with Crippen LogP contribution in [0, 0.1) is 11.7 Å². The molecule has 6 heteroatoms. The Bertz CT molecular complexity index is 787. The Morgan fingerprint density at radius 3 is 2.44 bits per heavy atom. The minimum absolute atomic E-state index is 0.0499. The normalized spacial score (nSPS) is 19.6. The Hall–Kier alpha value is -2.37. The van der Waals surface area contributed by atoms with Gasteiger partial charge in [-0.2, -0.15) is 13.2 Å². The van der Waals surface area contributed by atoms with Gasteiger partial charge in [0, 0.05) is 19.5 Å². The summed E-state index contributed by atoms with van der Waals surface area (Å²) in [4.78, 5) is 13.8. The maximum atomic E-state index is 13.8. The van der Waals surface area contributed by atoms with Gasteiger partial charge in [-0.15, -0.1) is 0 Å². The lowest BCUT2D eigenvalue weighted by molar-refractivity contribution is -0.139. The van der Waals surface area contributed by atoms with Crippen LogP contribution in [0.1, 0.15) is 29.0 Å². The van der Waals surface area contributed by atoms with Crippen LogP contribution < -0.4 is 0 Å². The number of alkyl halides is 3. The molecule has 25 heavy (non-hydrogen) atoms. The first kappa shape index (κ1) is 17.5. The third-order valence-corrected chi connectivity index (χ3v) is 4.52. The molecule has 0 heterocycles. The van der Waals surface area contributed by atoms with Crippen LogP contribution in [0.25, 0.3) is 0 Å². The van der Waals surface area contributed by atoms with Crippen LogP contribution in [0.2, 0.25) is 0 Å². The Labute approximate surface area is 143 Å². The summed E-state index contributed by atoms with van der Waals surface area (Å²) in [6.45, 7) is -0.130. The van der Waals surface area contributed by atoms with E-state index in [1.54, 1.807) is 18.2 Å². The standard InChI is InChI=1S/C19H17F4NO/c1-24(11-12-6-2-4-8-16(12)19(21,22)23)18(25)15-10-14(15)13-7-3-5-9-17(13)20/h2-9,14-15H,10-11H2,1H3/t14-,15+/m1/s1. The highest BCUT2D eigenvalue weighted by molar-refractivity contribution is 5.82. The predicted octanol–water partition coefficient (Wildman–Crippen LogP) is 4.61. The van der Waals surface area contributed by atoms with Gasteiger partial charge in [0.15, 0.2) is 0 Å². The van der Waals surface area contributed by atoms with Crippen molar-refractivity contribution in [2.75, 3.05) is 7.05 Å². The molecule has 1 aliphatic carbocycles. The SMILES string of the molecule is CN(Cc1ccccc1C(F)(F)F)C(=O)[C@H]1C[C@@H]1c1ccccc1F. The van der Waals surface area contributed by atoms with E-state index >= 15 is 0 Å². The number of carbonyl (C=O) groups excluding carboxylic acids is 1. The average molecular weight is 351 g/mol. The molecular formula is C19H17F4NO. The quantitative estimate of drug-likeness (QED) is 0.737. The second-order valence-electron chi connectivity index (χ2n) is 6.32. The minimum atomic E-state index is -4.46. The lowest BCUT2D eigenvalue weighted by Gasteiger charge is -2.20. The summed E-state index contributed by atoms with van der Waals surface area (Å²) < 4.78 is 53.0. The first-order valence-electron chi connectivity index (χ1n) is 7.93. The molecule has 0 saturated heterocycles. The average Bonchev–Trinajstić information content (AvgIpc) is 3.34. The molecular weight excluding hydrogens is 334 g/mol. The van der Waals surface area contributed by atoms with Crippen LogP contribution in [0.4, 0.5) is 17.6 Å². The molecule has 2 atom stereocenters. The van der Waals surface area contributed by atoms with Gasteiger partial charge in [0.2, 0.25) is 5.91 Å². The van der Waals surface area contributed by atoms with E-state index in [2.05, 4.69) is 0 Å². The molecule has 0 unspecified atom stereocenters. The van der Waals surface area contributed by atoms with Crippen molar-refractivity contribution in [1.82, 2.24) is 4.90 Å². The van der Waals surface area contributed by atoms with Crippen molar-refractivity contribution in [2.24, 2.45) is 5.92 Å². The summed E-state index contributed by atoms with van der Waals surface area (Å²) in [5.74, 6) is -1.19. The number of amides is 1. The highest BCUT2D eigenvalue weighted by Crippen LogP contribution is 2.49. The molecule has 1 aliphatic rings. The molecule has 2 nitrogen and oxygen atoms in total. The third kappa shape index (κ3) is 3.67. The Morgan fingerprint density at radius 2 is 1.76 bits per heavy atom. The van der Waals surface area contributed by atoms with E-state index in [9.17, 15) is 22.4 Å². The Morgan fingerprint density at radius 1 is 1.12 bits per heavy atom. The van der Waals surface area contributed by atoms with E-state index in [1.807, 2.05) is 0 Å². The lowest BCUT2D eigenvalue weighted by atomic mass is 10.1. The van der Waals surface area contributed by atoms with Gasteiger partial charge in [0.05, 0.1) is 5.56 Å². The molecule has 3 rings (SSSR count). The van der Waals surface area contributed by atoms with Crippen LogP contribution in [0.15, 0.2) is 48.5 Å². The molecule has 1 saturated carbocycles. The first-order valence-corrected chi connectivity index (χ1v) is 7.93. The van der Waals surface area contributed by atoms with Crippen molar-refractivity contribution in [2.45, 2.75) is 25.1 Å². The maximum Gasteiger partial charge on any atom is 0.416 e. The van der Waals surface area contributed by atoms with Gasteiger partial charge in [-0.25, -0.2) is 4.39 Å². The zero-order valence-corrected chi connectivity index (χ0v) is 13.6. The van der Waals surface area contributed by atoms with Crippen LogP contribution in [-0.2, 0) is 17.5 Å². The van der Waals surface area contributed by atoms with Gasteiger partial charge in [-0.3, -0.25) is 4.79 Å². The number of nitrogens with zero attached hydrogens (tertiary/aromatic N) is 1. The molecule has 0 aromatic heterocycles. The monoisotopic (exact) mass is 351 g/mol. The predicted molar refractivity (Wildman–Crippen MR) is 85.2 cm³/mol. The van der Waals surface area contributed by atoms with Crippen molar-refractivity contribution in [3.63, 3.8) is 0 Å². The van der Waals surface area contributed by atoms with Gasteiger partial charge in [0.25, 0.3) is 0 Å². The molecule has 0 bridgehead atoms. The van der Waals surface area contributed by atoms with Gasteiger partial charge in [-0.1, -0.05) is 36.4 Å². The number of benzene rings is 2. The number of rotatable bonds is 4. The van der Waals surface area contributed by atoms with Crippen LogP contribution in [0.5, 0.6) is 0 Å². The van der Waals surface area contributed by atoms with Crippen molar-refractivity contribution < 1.29 is 22.4 Å². The minimum Gasteiger partial charge on any atom is -0.341 e. The zero-order chi connectivity index (χ0) is 18.2. The number of hydrogen-bond acceptors (Lipinski definition) is 1. The van der Waals surface area contributed by atoms with Crippen LogP contribution in [-0.4, -0.2) is 17.9 Å². The van der Waals surface area contributed by atoms with E-state index < -0.39 is 11.7 Å². The largest absolute Gasteiger partial charge is 0.416 e. The fraction of sp³-hybridized carbons (Fsp3) is 0.316.